The molecular weight excluding hydrogens is 205 g/mol. The number of thiophene rings is 1. The maximum Gasteiger partial charge on any atom is 0.133 e. The summed E-state index contributed by atoms with van der Waals surface area (Å²) in [7, 11) is 0. The Labute approximate surface area is 83.7 Å². The van der Waals surface area contributed by atoms with Crippen LogP contribution in [0.1, 0.15) is 0 Å². The van der Waals surface area contributed by atoms with Gasteiger partial charge in [-0.3, -0.25) is 0 Å². The molecule has 0 radical (unpaired) electrons. The fourth-order valence-corrected chi connectivity index (χ4v) is 2.62. The molecule has 1 heterocycles. The molecule has 0 saturated carbocycles. The van der Waals surface area contributed by atoms with Crippen LogP contribution in [0.5, 0.6) is 0 Å². The molecule has 2 N–H and O–H groups in total. The van der Waals surface area contributed by atoms with Gasteiger partial charge in [0.25, 0.3) is 0 Å². The number of nitrogen functional groups attached to an aromatic ring is 1. The summed E-state index contributed by atoms with van der Waals surface area (Å²) in [6.45, 7) is 0. The molecule has 1 aromatic carbocycles. The molecule has 1 nitrogen and oxygen atoms in total. The monoisotopic (exact) mass is 213 g/mol. The van der Waals surface area contributed by atoms with Crippen molar-refractivity contribution in [2.24, 2.45) is 0 Å². The first-order valence-electron chi connectivity index (χ1n) is 3.73. The van der Waals surface area contributed by atoms with E-state index in [1.54, 1.807) is 12.1 Å². The summed E-state index contributed by atoms with van der Waals surface area (Å²) in [5.41, 5.74) is 5.60. The second-order valence-corrected chi connectivity index (χ2v) is 4.66. The molecule has 0 unspecified atom stereocenters. The van der Waals surface area contributed by atoms with Crippen molar-refractivity contribution in [3.63, 3.8) is 0 Å². The topological polar surface area (TPSA) is 26.0 Å². The van der Waals surface area contributed by atoms with Crippen LogP contribution in [0.25, 0.3) is 10.1 Å². The Kier molecular flexibility index (Phi) is 2.17. The molecule has 0 bridgehead atoms. The first-order chi connectivity index (χ1) is 6.20. The van der Waals surface area contributed by atoms with Gasteiger partial charge in [0.1, 0.15) is 5.82 Å². The lowest BCUT2D eigenvalue weighted by molar-refractivity contribution is 0.637. The molecule has 0 atom stereocenters. The number of halogens is 1. The molecule has 2 aromatic rings. The van der Waals surface area contributed by atoms with Gasteiger partial charge < -0.3 is 5.73 Å². The Morgan fingerprint density at radius 3 is 2.85 bits per heavy atom. The number of benzene rings is 1. The van der Waals surface area contributed by atoms with Gasteiger partial charge in [0, 0.05) is 15.0 Å². The van der Waals surface area contributed by atoms with Crippen LogP contribution in [0.2, 0.25) is 0 Å². The van der Waals surface area contributed by atoms with Gasteiger partial charge in [-0.2, -0.15) is 0 Å². The summed E-state index contributed by atoms with van der Waals surface area (Å²) in [6, 6.07) is 5.18. The quantitative estimate of drug-likeness (QED) is 0.735. The molecular formula is C9H8FNS2. The lowest BCUT2D eigenvalue weighted by Gasteiger charge is -1.96. The Bertz CT molecular complexity index is 450. The molecule has 4 heteroatoms. The van der Waals surface area contributed by atoms with Crippen LogP contribution in [0, 0.1) is 5.82 Å². The number of fused-ring (bicyclic) bond motifs is 1. The number of hydrogen-bond donors (Lipinski definition) is 1. The standard InChI is InChI=1S/C9H8FNS2/c1-12-5-2-7(10)6-4-9(11)13-8(6)3-5/h2-4H,11H2,1H3. The zero-order valence-corrected chi connectivity index (χ0v) is 8.64. The van der Waals surface area contributed by atoms with Crippen LogP contribution < -0.4 is 5.73 Å². The third-order valence-corrected chi connectivity index (χ3v) is 3.43. The smallest absolute Gasteiger partial charge is 0.133 e. The van der Waals surface area contributed by atoms with Crippen molar-refractivity contribution in [1.82, 2.24) is 0 Å². The van der Waals surface area contributed by atoms with E-state index < -0.39 is 0 Å². The predicted molar refractivity (Wildman–Crippen MR) is 58.0 cm³/mol. The molecule has 0 spiro atoms. The lowest BCUT2D eigenvalue weighted by atomic mass is 10.2. The minimum atomic E-state index is -0.185. The van der Waals surface area contributed by atoms with Gasteiger partial charge in [-0.15, -0.1) is 23.1 Å². The predicted octanol–water partition coefficient (Wildman–Crippen LogP) is 3.34. The van der Waals surface area contributed by atoms with Crippen LogP contribution in [-0.2, 0) is 0 Å². The summed E-state index contributed by atoms with van der Waals surface area (Å²) < 4.78 is 14.3. The molecule has 0 amide bonds. The number of anilines is 1. The van der Waals surface area contributed by atoms with E-state index in [0.717, 1.165) is 9.60 Å². The number of nitrogens with two attached hydrogens (primary N) is 1. The largest absolute Gasteiger partial charge is 0.391 e. The van der Waals surface area contributed by atoms with E-state index in [1.807, 2.05) is 12.3 Å². The van der Waals surface area contributed by atoms with Crippen molar-refractivity contribution in [1.29, 1.82) is 0 Å². The van der Waals surface area contributed by atoms with E-state index >= 15 is 0 Å². The zero-order chi connectivity index (χ0) is 9.42. The third kappa shape index (κ3) is 1.51. The number of rotatable bonds is 1. The molecule has 0 fully saturated rings. The van der Waals surface area contributed by atoms with E-state index in [9.17, 15) is 4.39 Å². The highest BCUT2D eigenvalue weighted by atomic mass is 32.2. The van der Waals surface area contributed by atoms with Gasteiger partial charge in [-0.05, 0) is 24.5 Å². The third-order valence-electron chi connectivity index (χ3n) is 1.82. The first-order valence-corrected chi connectivity index (χ1v) is 5.77. The Morgan fingerprint density at radius 1 is 1.38 bits per heavy atom. The van der Waals surface area contributed by atoms with Crippen molar-refractivity contribution in [3.8, 4) is 0 Å². The fourth-order valence-electron chi connectivity index (χ4n) is 1.21. The first kappa shape index (κ1) is 8.84. The van der Waals surface area contributed by atoms with Crippen LogP contribution in [0.3, 0.4) is 0 Å². The SMILES string of the molecule is CSc1cc(F)c2cc(N)sc2c1. The Morgan fingerprint density at radius 2 is 2.15 bits per heavy atom. The van der Waals surface area contributed by atoms with Gasteiger partial charge in [0.05, 0.1) is 5.00 Å². The highest BCUT2D eigenvalue weighted by molar-refractivity contribution is 7.98. The van der Waals surface area contributed by atoms with E-state index in [2.05, 4.69) is 0 Å². The highest BCUT2D eigenvalue weighted by Crippen LogP contribution is 2.32. The van der Waals surface area contributed by atoms with Gasteiger partial charge in [0.15, 0.2) is 0 Å². The fraction of sp³-hybridized carbons (Fsp3) is 0.111. The Hall–Kier alpha value is -0.740. The normalized spacial score (nSPS) is 10.9. The van der Waals surface area contributed by atoms with E-state index in [1.165, 1.54) is 23.1 Å². The van der Waals surface area contributed by atoms with Gasteiger partial charge in [-0.25, -0.2) is 4.39 Å². The average Bonchev–Trinajstić information content (AvgIpc) is 2.46. The summed E-state index contributed by atoms with van der Waals surface area (Å²) >= 11 is 2.95. The van der Waals surface area contributed by atoms with E-state index in [-0.39, 0.29) is 5.82 Å². The number of hydrogen-bond acceptors (Lipinski definition) is 3. The summed E-state index contributed by atoms with van der Waals surface area (Å²) in [4.78, 5) is 0.937. The molecule has 0 aliphatic heterocycles. The van der Waals surface area contributed by atoms with Gasteiger partial charge in [0.2, 0.25) is 0 Å². The maximum atomic E-state index is 13.4. The molecule has 1 aromatic heterocycles. The van der Waals surface area contributed by atoms with Crippen LogP contribution >= 0.6 is 23.1 Å². The van der Waals surface area contributed by atoms with Crippen molar-refractivity contribution in [2.45, 2.75) is 4.90 Å². The van der Waals surface area contributed by atoms with Crippen LogP contribution in [-0.4, -0.2) is 6.26 Å². The molecule has 0 aliphatic rings. The van der Waals surface area contributed by atoms with Crippen molar-refractivity contribution in [2.75, 3.05) is 12.0 Å². The molecule has 0 saturated heterocycles. The molecule has 68 valence electrons. The lowest BCUT2D eigenvalue weighted by Crippen LogP contribution is -1.77. The van der Waals surface area contributed by atoms with Crippen molar-refractivity contribution in [3.05, 3.63) is 24.0 Å². The molecule has 0 aliphatic carbocycles. The van der Waals surface area contributed by atoms with Crippen molar-refractivity contribution >= 4 is 38.2 Å². The van der Waals surface area contributed by atoms with E-state index in [4.69, 9.17) is 5.73 Å². The average molecular weight is 213 g/mol. The molecule has 2 rings (SSSR count). The van der Waals surface area contributed by atoms with Gasteiger partial charge in [-0.1, -0.05) is 0 Å². The summed E-state index contributed by atoms with van der Waals surface area (Å²) in [5, 5.41) is 1.28. The minimum Gasteiger partial charge on any atom is -0.391 e. The van der Waals surface area contributed by atoms with Gasteiger partial charge >= 0.3 is 0 Å². The Balaban J connectivity index is 2.75. The van der Waals surface area contributed by atoms with Crippen molar-refractivity contribution < 1.29 is 4.39 Å². The maximum absolute atomic E-state index is 13.4. The second-order valence-electron chi connectivity index (χ2n) is 2.67. The van der Waals surface area contributed by atoms with Crippen LogP contribution in [0.15, 0.2) is 23.1 Å². The van der Waals surface area contributed by atoms with E-state index in [0.29, 0.717) is 10.4 Å². The summed E-state index contributed by atoms with van der Waals surface area (Å²) in [5.74, 6) is -0.185. The zero-order valence-electron chi connectivity index (χ0n) is 7.00. The number of thioether (sulfide) groups is 1. The highest BCUT2D eigenvalue weighted by Gasteiger charge is 2.06. The van der Waals surface area contributed by atoms with Crippen LogP contribution in [0.4, 0.5) is 9.39 Å². The minimum absolute atomic E-state index is 0.185. The summed E-state index contributed by atoms with van der Waals surface area (Å²) in [6.07, 6.45) is 1.93. The molecule has 13 heavy (non-hydrogen) atoms. The second kappa shape index (κ2) is 3.20.